The van der Waals surface area contributed by atoms with Crippen molar-refractivity contribution in [2.75, 3.05) is 7.05 Å². The summed E-state index contributed by atoms with van der Waals surface area (Å²) in [4.78, 5) is 13.9. The Balaban J connectivity index is 2.22. The maximum atomic E-state index is 13.9. The van der Waals surface area contributed by atoms with Gasteiger partial charge in [-0.05, 0) is 29.7 Å². The summed E-state index contributed by atoms with van der Waals surface area (Å²) in [5, 5.41) is 0. The number of nitrogens with zero attached hydrogens (tertiary/aromatic N) is 1. The summed E-state index contributed by atoms with van der Waals surface area (Å²) in [7, 11) is -2.57. The Labute approximate surface area is 167 Å². The second-order valence-electron chi connectivity index (χ2n) is 6.56. The summed E-state index contributed by atoms with van der Waals surface area (Å²) in [5.74, 6) is -1.57. The Kier molecular flexibility index (Phi) is 7.13. The van der Waals surface area contributed by atoms with Gasteiger partial charge in [-0.1, -0.05) is 60.1 Å². The minimum atomic E-state index is -4.18. The van der Waals surface area contributed by atoms with E-state index in [1.807, 2.05) is 24.3 Å². The fourth-order valence-electron chi connectivity index (χ4n) is 2.56. The SMILES string of the molecule is CC(C)C(NS(=O)(=O)c1ccccc1F)C(=O)N(C)Cc1ccccc1Br. The van der Waals surface area contributed by atoms with Crippen molar-refractivity contribution in [3.63, 3.8) is 0 Å². The van der Waals surface area contributed by atoms with E-state index in [1.54, 1.807) is 20.9 Å². The first-order valence-electron chi connectivity index (χ1n) is 8.38. The molecule has 2 aromatic carbocycles. The fraction of sp³-hybridized carbons (Fsp3) is 0.316. The normalized spacial score (nSPS) is 12.8. The lowest BCUT2D eigenvalue weighted by atomic mass is 10.0. The number of carbonyl (C=O) groups excluding carboxylic acids is 1. The molecule has 0 aromatic heterocycles. The highest BCUT2D eigenvalue weighted by atomic mass is 79.9. The van der Waals surface area contributed by atoms with E-state index >= 15 is 0 Å². The highest BCUT2D eigenvalue weighted by Crippen LogP contribution is 2.20. The van der Waals surface area contributed by atoms with Gasteiger partial charge in [-0.25, -0.2) is 12.8 Å². The smallest absolute Gasteiger partial charge is 0.244 e. The lowest BCUT2D eigenvalue weighted by Crippen LogP contribution is -2.50. The van der Waals surface area contributed by atoms with Crippen LogP contribution in [0.3, 0.4) is 0 Å². The molecule has 0 aliphatic carbocycles. The molecule has 0 aliphatic rings. The summed E-state index contributed by atoms with van der Waals surface area (Å²) in [5.41, 5.74) is 0.896. The van der Waals surface area contributed by atoms with Crippen molar-refractivity contribution >= 4 is 31.9 Å². The van der Waals surface area contributed by atoms with E-state index < -0.39 is 26.8 Å². The third kappa shape index (κ3) is 5.37. The molecule has 2 rings (SSSR count). The first kappa shape index (κ1) is 21.5. The zero-order valence-corrected chi connectivity index (χ0v) is 17.7. The number of carbonyl (C=O) groups is 1. The molecule has 0 bridgehead atoms. The van der Waals surface area contributed by atoms with Crippen molar-refractivity contribution < 1.29 is 17.6 Å². The van der Waals surface area contributed by atoms with Crippen molar-refractivity contribution in [1.82, 2.24) is 9.62 Å². The monoisotopic (exact) mass is 456 g/mol. The fourth-order valence-corrected chi connectivity index (χ4v) is 4.39. The number of nitrogens with one attached hydrogen (secondary N) is 1. The number of halogens is 2. The molecule has 0 aliphatic heterocycles. The Morgan fingerprint density at radius 3 is 2.33 bits per heavy atom. The Hall–Kier alpha value is -1.77. The van der Waals surface area contributed by atoms with Crippen molar-refractivity contribution in [2.45, 2.75) is 31.3 Å². The number of rotatable bonds is 7. The van der Waals surface area contributed by atoms with E-state index in [0.717, 1.165) is 16.1 Å². The standard InChI is InChI=1S/C19H22BrFN2O3S/c1-13(2)18(22-27(25,26)17-11-7-6-10-16(17)21)19(24)23(3)12-14-8-4-5-9-15(14)20/h4-11,13,18,22H,12H2,1-3H3. The van der Waals surface area contributed by atoms with Gasteiger partial charge >= 0.3 is 0 Å². The first-order valence-corrected chi connectivity index (χ1v) is 10.7. The molecule has 146 valence electrons. The van der Waals surface area contributed by atoms with Crippen molar-refractivity contribution in [3.05, 3.63) is 64.4 Å². The zero-order chi connectivity index (χ0) is 20.2. The Morgan fingerprint density at radius 1 is 1.15 bits per heavy atom. The number of hydrogen-bond donors (Lipinski definition) is 1. The van der Waals surface area contributed by atoms with Gasteiger partial charge in [0.05, 0.1) is 0 Å². The van der Waals surface area contributed by atoms with Gasteiger partial charge in [0.2, 0.25) is 15.9 Å². The summed E-state index contributed by atoms with van der Waals surface area (Å²) < 4.78 is 42.3. The third-order valence-corrected chi connectivity index (χ3v) is 6.33. The number of hydrogen-bond acceptors (Lipinski definition) is 3. The molecule has 8 heteroatoms. The Morgan fingerprint density at radius 2 is 1.74 bits per heavy atom. The lowest BCUT2D eigenvalue weighted by Gasteiger charge is -2.27. The van der Waals surface area contributed by atoms with Crippen LogP contribution in [0.25, 0.3) is 0 Å². The van der Waals surface area contributed by atoms with E-state index in [0.29, 0.717) is 6.54 Å². The minimum Gasteiger partial charge on any atom is -0.340 e. The molecule has 2 aromatic rings. The number of sulfonamides is 1. The maximum absolute atomic E-state index is 13.9. The Bertz CT molecular complexity index is 919. The number of benzene rings is 2. The van der Waals surface area contributed by atoms with Crippen molar-refractivity contribution in [3.8, 4) is 0 Å². The van der Waals surface area contributed by atoms with Gasteiger partial charge in [-0.3, -0.25) is 4.79 Å². The maximum Gasteiger partial charge on any atom is 0.244 e. The molecule has 27 heavy (non-hydrogen) atoms. The van der Waals surface area contributed by atoms with Crippen LogP contribution in [0, 0.1) is 11.7 Å². The quantitative estimate of drug-likeness (QED) is 0.692. The molecule has 1 unspecified atom stereocenters. The second kappa shape index (κ2) is 8.95. The van der Waals surface area contributed by atoms with Gasteiger partial charge in [0.15, 0.2) is 0 Å². The molecule has 0 fully saturated rings. The molecule has 0 heterocycles. The van der Waals surface area contributed by atoms with Crippen molar-refractivity contribution in [1.29, 1.82) is 0 Å². The second-order valence-corrected chi connectivity index (χ2v) is 9.10. The lowest BCUT2D eigenvalue weighted by molar-refractivity contribution is -0.133. The van der Waals surface area contributed by atoms with Gasteiger partial charge in [-0.15, -0.1) is 0 Å². The van der Waals surface area contributed by atoms with E-state index in [1.165, 1.54) is 23.1 Å². The average Bonchev–Trinajstić information content (AvgIpc) is 2.61. The molecule has 1 atom stereocenters. The first-order chi connectivity index (χ1) is 12.6. The van der Waals surface area contributed by atoms with Crippen LogP contribution in [0.5, 0.6) is 0 Å². The van der Waals surface area contributed by atoms with Gasteiger partial charge in [-0.2, -0.15) is 4.72 Å². The number of amides is 1. The average molecular weight is 457 g/mol. The van der Waals surface area contributed by atoms with Crippen LogP contribution in [-0.4, -0.2) is 32.3 Å². The van der Waals surface area contributed by atoms with Crippen LogP contribution in [-0.2, 0) is 21.4 Å². The molecular formula is C19H22BrFN2O3S. The third-order valence-electron chi connectivity index (χ3n) is 4.08. The highest BCUT2D eigenvalue weighted by Gasteiger charge is 2.31. The zero-order valence-electron chi connectivity index (χ0n) is 15.3. The highest BCUT2D eigenvalue weighted by molar-refractivity contribution is 9.10. The predicted octanol–water partition coefficient (Wildman–Crippen LogP) is 3.55. The summed E-state index contributed by atoms with van der Waals surface area (Å²) in [6.45, 7) is 3.78. The minimum absolute atomic E-state index is 0.310. The largest absolute Gasteiger partial charge is 0.340 e. The van der Waals surface area contributed by atoms with Crippen LogP contribution in [0.15, 0.2) is 57.9 Å². The van der Waals surface area contributed by atoms with Gasteiger partial charge in [0, 0.05) is 18.1 Å². The summed E-state index contributed by atoms with van der Waals surface area (Å²) >= 11 is 3.44. The molecule has 0 saturated heterocycles. The molecular weight excluding hydrogens is 435 g/mol. The van der Waals surface area contributed by atoms with Crippen molar-refractivity contribution in [2.24, 2.45) is 5.92 Å². The predicted molar refractivity (Wildman–Crippen MR) is 106 cm³/mol. The van der Waals surface area contributed by atoms with Crippen LogP contribution >= 0.6 is 15.9 Å². The molecule has 0 radical (unpaired) electrons. The van der Waals surface area contributed by atoms with Crippen LogP contribution in [0.4, 0.5) is 4.39 Å². The van der Waals surface area contributed by atoms with E-state index in [2.05, 4.69) is 20.7 Å². The molecule has 0 saturated carbocycles. The van der Waals surface area contributed by atoms with E-state index in [4.69, 9.17) is 0 Å². The van der Waals surface area contributed by atoms with Crippen LogP contribution in [0.1, 0.15) is 19.4 Å². The van der Waals surface area contributed by atoms with Gasteiger partial charge in [0.25, 0.3) is 0 Å². The molecule has 1 N–H and O–H groups in total. The number of likely N-dealkylation sites (N-methyl/N-ethyl adjacent to an activating group) is 1. The summed E-state index contributed by atoms with van der Waals surface area (Å²) in [6.07, 6.45) is 0. The van der Waals surface area contributed by atoms with Crippen LogP contribution < -0.4 is 4.72 Å². The topological polar surface area (TPSA) is 66.5 Å². The van der Waals surface area contributed by atoms with Gasteiger partial charge < -0.3 is 4.90 Å². The molecule has 0 spiro atoms. The van der Waals surface area contributed by atoms with Crippen LogP contribution in [0.2, 0.25) is 0 Å². The molecule has 5 nitrogen and oxygen atoms in total. The van der Waals surface area contributed by atoms with Gasteiger partial charge in [0.1, 0.15) is 16.8 Å². The summed E-state index contributed by atoms with van der Waals surface area (Å²) in [6, 6.07) is 11.5. The molecule has 1 amide bonds. The van der Waals surface area contributed by atoms with E-state index in [-0.39, 0.29) is 11.8 Å². The van der Waals surface area contributed by atoms with E-state index in [9.17, 15) is 17.6 Å².